The van der Waals surface area contributed by atoms with Gasteiger partial charge in [0.1, 0.15) is 11.8 Å². The third-order valence-corrected chi connectivity index (χ3v) is 4.21. The molecular formula is C20H22N4O3. The van der Waals surface area contributed by atoms with Gasteiger partial charge in [-0.05, 0) is 36.2 Å². The molecule has 1 aliphatic rings. The molecule has 140 valence electrons. The zero-order valence-corrected chi connectivity index (χ0v) is 15.3. The van der Waals surface area contributed by atoms with Crippen LogP contribution < -0.4 is 20.7 Å². The predicted octanol–water partition coefficient (Wildman–Crippen LogP) is 2.55. The lowest BCUT2D eigenvalue weighted by Crippen LogP contribution is -2.45. The summed E-state index contributed by atoms with van der Waals surface area (Å²) in [6.45, 7) is 2.08. The topological polar surface area (TPSA) is 91.8 Å². The van der Waals surface area contributed by atoms with Gasteiger partial charge in [-0.25, -0.2) is 4.99 Å². The molecule has 7 heteroatoms. The van der Waals surface area contributed by atoms with E-state index in [1.807, 2.05) is 30.3 Å². The number of aliphatic imine (C=N–C) groups is 1. The summed E-state index contributed by atoms with van der Waals surface area (Å²) in [7, 11) is 1.53. The zero-order valence-electron chi connectivity index (χ0n) is 15.3. The maximum atomic E-state index is 12.6. The predicted molar refractivity (Wildman–Crippen MR) is 105 cm³/mol. The van der Waals surface area contributed by atoms with Crippen LogP contribution in [0.25, 0.3) is 0 Å². The van der Waals surface area contributed by atoms with E-state index in [-0.39, 0.29) is 24.2 Å². The molecule has 27 heavy (non-hydrogen) atoms. The van der Waals surface area contributed by atoms with Crippen LogP contribution in [0.4, 0.5) is 11.4 Å². The normalized spacial score (nSPS) is 16.1. The van der Waals surface area contributed by atoms with Crippen molar-refractivity contribution in [3.63, 3.8) is 0 Å². The number of benzene rings is 2. The number of anilines is 2. The molecule has 0 saturated carbocycles. The summed E-state index contributed by atoms with van der Waals surface area (Å²) in [6, 6.07) is 14.1. The first-order valence-electron chi connectivity index (χ1n) is 8.76. The second-order valence-corrected chi connectivity index (χ2v) is 6.11. The highest BCUT2D eigenvalue weighted by atomic mass is 16.5. The van der Waals surface area contributed by atoms with Gasteiger partial charge in [0.05, 0.1) is 19.2 Å². The number of hydrogen-bond acceptors (Lipinski definition) is 5. The van der Waals surface area contributed by atoms with Gasteiger partial charge in [0, 0.05) is 5.69 Å². The van der Waals surface area contributed by atoms with E-state index in [9.17, 15) is 9.59 Å². The number of carbonyl (C=O) groups excluding carboxylic acids is 2. The number of rotatable bonds is 5. The zero-order chi connectivity index (χ0) is 19.2. The molecule has 0 bridgehead atoms. The van der Waals surface area contributed by atoms with E-state index in [1.165, 1.54) is 12.7 Å². The van der Waals surface area contributed by atoms with E-state index in [1.54, 1.807) is 18.2 Å². The van der Waals surface area contributed by atoms with Crippen LogP contribution in [0, 0.1) is 0 Å². The first-order valence-corrected chi connectivity index (χ1v) is 8.76. The van der Waals surface area contributed by atoms with E-state index in [4.69, 9.17) is 4.74 Å². The Morgan fingerprint density at radius 1 is 1.22 bits per heavy atom. The Labute approximate surface area is 157 Å². The smallest absolute Gasteiger partial charge is 0.249 e. The molecule has 2 amide bonds. The summed E-state index contributed by atoms with van der Waals surface area (Å²) in [4.78, 5) is 28.9. The van der Waals surface area contributed by atoms with Gasteiger partial charge in [-0.1, -0.05) is 31.2 Å². The molecule has 0 fully saturated rings. The Balaban J connectivity index is 1.73. The third kappa shape index (κ3) is 4.63. The second kappa shape index (κ2) is 8.35. The fourth-order valence-electron chi connectivity index (χ4n) is 2.73. The number of carbonyl (C=O) groups is 2. The van der Waals surface area contributed by atoms with Crippen LogP contribution in [0.2, 0.25) is 0 Å². The van der Waals surface area contributed by atoms with Crippen molar-refractivity contribution in [2.45, 2.75) is 25.8 Å². The van der Waals surface area contributed by atoms with Gasteiger partial charge in [-0.3, -0.25) is 14.9 Å². The van der Waals surface area contributed by atoms with Crippen molar-refractivity contribution in [1.82, 2.24) is 5.32 Å². The Bertz CT molecular complexity index is 862. The summed E-state index contributed by atoms with van der Waals surface area (Å²) >= 11 is 0. The second-order valence-electron chi connectivity index (χ2n) is 6.11. The maximum Gasteiger partial charge on any atom is 0.249 e. The summed E-state index contributed by atoms with van der Waals surface area (Å²) < 4.78 is 5.23. The van der Waals surface area contributed by atoms with E-state index in [0.717, 1.165) is 12.1 Å². The number of methoxy groups -OCH3 is 1. The summed E-state index contributed by atoms with van der Waals surface area (Å²) in [5, 5.41) is 8.48. The largest absolute Gasteiger partial charge is 0.495 e. The quantitative estimate of drug-likeness (QED) is 0.758. The number of guanidine groups is 1. The lowest BCUT2D eigenvalue weighted by atomic mass is 10.1. The van der Waals surface area contributed by atoms with Crippen molar-refractivity contribution in [3.05, 3.63) is 54.1 Å². The minimum Gasteiger partial charge on any atom is -0.495 e. The molecular weight excluding hydrogens is 344 g/mol. The molecule has 0 unspecified atom stereocenters. The van der Waals surface area contributed by atoms with Gasteiger partial charge in [0.25, 0.3) is 0 Å². The van der Waals surface area contributed by atoms with Gasteiger partial charge < -0.3 is 15.4 Å². The lowest BCUT2D eigenvalue weighted by molar-refractivity contribution is -0.124. The Kier molecular flexibility index (Phi) is 5.71. The fraction of sp³-hybridized carbons (Fsp3) is 0.250. The minimum atomic E-state index is -0.818. The van der Waals surface area contributed by atoms with E-state index < -0.39 is 6.04 Å². The highest BCUT2D eigenvalue weighted by Crippen LogP contribution is 2.23. The van der Waals surface area contributed by atoms with E-state index in [2.05, 4.69) is 27.9 Å². The molecule has 7 nitrogen and oxygen atoms in total. The standard InChI is InChI=1S/C20H22N4O3/c1-3-13-8-10-14(11-9-13)21-20-23-16(12-18(25)24-20)19(26)22-15-6-4-5-7-17(15)27-2/h4-11,16H,3,12H2,1-2H3,(H,22,26)(H2,21,23,24,25)/t16-/m1/s1. The van der Waals surface area contributed by atoms with Gasteiger partial charge >= 0.3 is 0 Å². The molecule has 0 aliphatic carbocycles. The molecule has 2 aromatic rings. The average Bonchev–Trinajstić information content (AvgIpc) is 2.68. The van der Waals surface area contributed by atoms with Gasteiger partial charge in [-0.15, -0.1) is 0 Å². The summed E-state index contributed by atoms with van der Waals surface area (Å²) in [5.41, 5.74) is 2.54. The molecule has 3 rings (SSSR count). The molecule has 0 spiro atoms. The lowest BCUT2D eigenvalue weighted by Gasteiger charge is -2.21. The number of ether oxygens (including phenoxy) is 1. The third-order valence-electron chi connectivity index (χ3n) is 4.21. The van der Waals surface area contributed by atoms with E-state index in [0.29, 0.717) is 11.4 Å². The monoisotopic (exact) mass is 366 g/mol. The molecule has 0 radical (unpaired) electrons. The SMILES string of the molecule is CCc1ccc(NC2=N[C@@H](C(=O)Nc3ccccc3OC)CC(=O)N2)cc1. The van der Waals surface area contributed by atoms with Crippen LogP contribution in [0.5, 0.6) is 5.75 Å². The highest BCUT2D eigenvalue weighted by Gasteiger charge is 2.27. The number of amides is 2. The Hall–Kier alpha value is -3.35. The van der Waals surface area contributed by atoms with E-state index >= 15 is 0 Å². The summed E-state index contributed by atoms with van der Waals surface area (Å²) in [5.74, 6) is 0.174. The van der Waals surface area contributed by atoms with Crippen LogP contribution in [-0.2, 0) is 16.0 Å². The van der Waals surface area contributed by atoms with Crippen LogP contribution in [0.1, 0.15) is 18.9 Å². The molecule has 1 atom stereocenters. The fourth-order valence-corrected chi connectivity index (χ4v) is 2.73. The van der Waals surface area contributed by atoms with Crippen molar-refractivity contribution in [2.75, 3.05) is 17.7 Å². The maximum absolute atomic E-state index is 12.6. The van der Waals surface area contributed by atoms with Gasteiger partial charge in [0.15, 0.2) is 0 Å². The molecule has 1 heterocycles. The number of aryl methyl sites for hydroxylation is 1. The Morgan fingerprint density at radius 3 is 2.67 bits per heavy atom. The van der Waals surface area contributed by atoms with Crippen LogP contribution in [0.3, 0.4) is 0 Å². The van der Waals surface area contributed by atoms with Crippen molar-refractivity contribution in [1.29, 1.82) is 0 Å². The van der Waals surface area contributed by atoms with Crippen molar-refractivity contribution >= 4 is 29.1 Å². The van der Waals surface area contributed by atoms with Crippen LogP contribution >= 0.6 is 0 Å². The molecule has 2 aromatic carbocycles. The van der Waals surface area contributed by atoms with Crippen LogP contribution in [-0.4, -0.2) is 30.9 Å². The van der Waals surface area contributed by atoms with Crippen molar-refractivity contribution in [3.8, 4) is 5.75 Å². The van der Waals surface area contributed by atoms with Crippen LogP contribution in [0.15, 0.2) is 53.5 Å². The first kappa shape index (κ1) is 18.4. The Morgan fingerprint density at radius 2 is 1.96 bits per heavy atom. The molecule has 0 saturated heterocycles. The molecule has 3 N–H and O–H groups in total. The molecule has 0 aromatic heterocycles. The summed E-state index contributed by atoms with van der Waals surface area (Å²) in [6.07, 6.45) is 0.935. The average molecular weight is 366 g/mol. The van der Waals surface area contributed by atoms with Crippen molar-refractivity contribution in [2.24, 2.45) is 4.99 Å². The number of nitrogens with zero attached hydrogens (tertiary/aromatic N) is 1. The number of nitrogens with one attached hydrogen (secondary N) is 3. The van der Waals surface area contributed by atoms with Gasteiger partial charge in [0.2, 0.25) is 17.8 Å². The first-order chi connectivity index (χ1) is 13.1. The minimum absolute atomic E-state index is 0.0130. The highest BCUT2D eigenvalue weighted by molar-refractivity contribution is 6.10. The van der Waals surface area contributed by atoms with Crippen molar-refractivity contribution < 1.29 is 14.3 Å². The number of hydrogen-bond donors (Lipinski definition) is 3. The molecule has 1 aliphatic heterocycles. The number of para-hydroxylation sites is 2. The van der Waals surface area contributed by atoms with Gasteiger partial charge in [-0.2, -0.15) is 0 Å².